The summed E-state index contributed by atoms with van der Waals surface area (Å²) in [5.74, 6) is -1.11. The lowest BCUT2D eigenvalue weighted by Crippen LogP contribution is -2.20. The Morgan fingerprint density at radius 1 is 1.09 bits per heavy atom. The number of carbonyl (C=O) groups excluding carboxylic acids is 2. The van der Waals surface area contributed by atoms with E-state index in [-0.39, 0.29) is 11.1 Å². The van der Waals surface area contributed by atoms with Crippen molar-refractivity contribution in [3.63, 3.8) is 0 Å². The van der Waals surface area contributed by atoms with Gasteiger partial charge in [0.25, 0.3) is 0 Å². The lowest BCUT2D eigenvalue weighted by Gasteiger charge is -2.23. The van der Waals surface area contributed by atoms with Gasteiger partial charge in [-0.1, -0.05) is 37.6 Å². The molecular formula is C18H20O5. The first kappa shape index (κ1) is 16.8. The summed E-state index contributed by atoms with van der Waals surface area (Å²) in [6, 6.07) is 7.86. The summed E-state index contributed by atoms with van der Waals surface area (Å²) in [5.41, 5.74) is 2.48. The molecule has 0 saturated heterocycles. The van der Waals surface area contributed by atoms with Gasteiger partial charge in [-0.25, -0.2) is 9.59 Å². The molecule has 5 nitrogen and oxygen atoms in total. The minimum atomic E-state index is -0.605. The summed E-state index contributed by atoms with van der Waals surface area (Å²) >= 11 is 0. The molecule has 5 heteroatoms. The van der Waals surface area contributed by atoms with Crippen LogP contribution >= 0.6 is 0 Å². The van der Waals surface area contributed by atoms with E-state index in [0.717, 1.165) is 18.4 Å². The van der Waals surface area contributed by atoms with E-state index < -0.39 is 18.0 Å². The Morgan fingerprint density at radius 3 is 2.30 bits per heavy atom. The number of hydrogen-bond acceptors (Lipinski definition) is 5. The number of rotatable bonds is 5. The van der Waals surface area contributed by atoms with Crippen LogP contribution in [-0.2, 0) is 30.2 Å². The van der Waals surface area contributed by atoms with Crippen LogP contribution in [0.25, 0.3) is 0 Å². The zero-order valence-electron chi connectivity index (χ0n) is 13.5. The monoisotopic (exact) mass is 316 g/mol. The fourth-order valence-corrected chi connectivity index (χ4v) is 2.41. The third kappa shape index (κ3) is 3.80. The molecule has 0 radical (unpaired) electrons. The molecule has 1 unspecified atom stereocenters. The summed E-state index contributed by atoms with van der Waals surface area (Å²) in [7, 11) is 2.56. The van der Waals surface area contributed by atoms with Crippen molar-refractivity contribution in [1.82, 2.24) is 0 Å². The van der Waals surface area contributed by atoms with Crippen molar-refractivity contribution in [3.05, 3.63) is 58.9 Å². The first-order valence-corrected chi connectivity index (χ1v) is 7.43. The van der Waals surface area contributed by atoms with Crippen LogP contribution in [0.2, 0.25) is 0 Å². The Morgan fingerprint density at radius 2 is 1.74 bits per heavy atom. The molecule has 0 spiro atoms. The van der Waals surface area contributed by atoms with Crippen molar-refractivity contribution in [2.45, 2.75) is 25.9 Å². The Bertz CT molecular complexity index is 640. The summed E-state index contributed by atoms with van der Waals surface area (Å²) < 4.78 is 15.1. The minimum absolute atomic E-state index is 0.173. The van der Waals surface area contributed by atoms with Gasteiger partial charge in [0.2, 0.25) is 0 Å². The first-order chi connectivity index (χ1) is 11.1. The highest BCUT2D eigenvalue weighted by Crippen LogP contribution is 2.32. The Balaban J connectivity index is 2.31. The maximum absolute atomic E-state index is 12.0. The van der Waals surface area contributed by atoms with Crippen molar-refractivity contribution >= 4 is 11.9 Å². The highest BCUT2D eigenvalue weighted by Gasteiger charge is 2.29. The molecule has 1 aromatic rings. The molecule has 1 heterocycles. The predicted molar refractivity (Wildman–Crippen MR) is 84.5 cm³/mol. The lowest BCUT2D eigenvalue weighted by molar-refractivity contribution is -0.137. The van der Waals surface area contributed by atoms with Gasteiger partial charge in [0.05, 0.1) is 31.6 Å². The standard InChI is InChI=1S/C18H20O5/c1-4-5-12-6-8-13(9-7-12)16-15(18(20)22-3)10-14(11-23-16)17(19)21-2/h6-11,16H,4-5H2,1-3H3. The number of benzene rings is 1. The highest BCUT2D eigenvalue weighted by atomic mass is 16.5. The van der Waals surface area contributed by atoms with E-state index in [0.29, 0.717) is 0 Å². The van der Waals surface area contributed by atoms with E-state index in [1.165, 1.54) is 32.1 Å². The van der Waals surface area contributed by atoms with Crippen molar-refractivity contribution < 1.29 is 23.8 Å². The average molecular weight is 316 g/mol. The Kier molecular flexibility index (Phi) is 5.57. The molecule has 1 aliphatic heterocycles. The summed E-state index contributed by atoms with van der Waals surface area (Å²) in [4.78, 5) is 23.6. The van der Waals surface area contributed by atoms with E-state index in [1.54, 1.807) is 0 Å². The molecule has 0 fully saturated rings. The molecule has 0 aromatic heterocycles. The SMILES string of the molecule is CCCc1ccc(C2OC=C(C(=O)OC)C=C2C(=O)OC)cc1. The van der Waals surface area contributed by atoms with Crippen molar-refractivity contribution in [1.29, 1.82) is 0 Å². The van der Waals surface area contributed by atoms with Crippen LogP contribution in [0.1, 0.15) is 30.6 Å². The first-order valence-electron chi connectivity index (χ1n) is 7.43. The van der Waals surface area contributed by atoms with Gasteiger partial charge in [0.1, 0.15) is 0 Å². The van der Waals surface area contributed by atoms with Crippen molar-refractivity contribution in [2.24, 2.45) is 0 Å². The molecule has 122 valence electrons. The van der Waals surface area contributed by atoms with Crippen LogP contribution < -0.4 is 0 Å². The van der Waals surface area contributed by atoms with Crippen LogP contribution in [0.4, 0.5) is 0 Å². The quantitative estimate of drug-likeness (QED) is 0.782. The van der Waals surface area contributed by atoms with Gasteiger partial charge in [-0.15, -0.1) is 0 Å². The van der Waals surface area contributed by atoms with Crippen molar-refractivity contribution in [3.8, 4) is 0 Å². The number of aryl methyl sites for hydroxylation is 1. The molecule has 1 aromatic carbocycles. The van der Waals surface area contributed by atoms with Crippen molar-refractivity contribution in [2.75, 3.05) is 14.2 Å². The Hall–Kier alpha value is -2.56. The second kappa shape index (κ2) is 7.63. The maximum Gasteiger partial charge on any atom is 0.341 e. The van der Waals surface area contributed by atoms with Gasteiger partial charge in [0, 0.05) is 0 Å². The smallest absolute Gasteiger partial charge is 0.341 e. The van der Waals surface area contributed by atoms with Crippen LogP contribution in [0.3, 0.4) is 0 Å². The summed E-state index contributed by atoms with van der Waals surface area (Å²) in [6.45, 7) is 2.12. The number of methoxy groups -OCH3 is 2. The van der Waals surface area contributed by atoms with Crippen LogP contribution in [-0.4, -0.2) is 26.2 Å². The molecule has 0 aliphatic carbocycles. The van der Waals surface area contributed by atoms with E-state index in [4.69, 9.17) is 9.47 Å². The normalized spacial score (nSPS) is 16.7. The molecule has 2 rings (SSSR count). The van der Waals surface area contributed by atoms with E-state index in [2.05, 4.69) is 11.7 Å². The molecular weight excluding hydrogens is 296 g/mol. The third-order valence-electron chi connectivity index (χ3n) is 3.59. The number of ether oxygens (including phenoxy) is 3. The third-order valence-corrected chi connectivity index (χ3v) is 3.59. The van der Waals surface area contributed by atoms with E-state index in [1.807, 2.05) is 24.3 Å². The number of esters is 2. The second-order valence-electron chi connectivity index (χ2n) is 5.16. The van der Waals surface area contributed by atoms with Gasteiger partial charge < -0.3 is 14.2 Å². The molecule has 23 heavy (non-hydrogen) atoms. The fourth-order valence-electron chi connectivity index (χ4n) is 2.41. The van der Waals surface area contributed by atoms with E-state index >= 15 is 0 Å². The topological polar surface area (TPSA) is 61.8 Å². The largest absolute Gasteiger partial charge is 0.487 e. The zero-order valence-corrected chi connectivity index (χ0v) is 13.5. The van der Waals surface area contributed by atoms with Gasteiger partial charge in [0.15, 0.2) is 6.10 Å². The van der Waals surface area contributed by atoms with Crippen LogP contribution in [0.15, 0.2) is 47.7 Å². The number of hydrogen-bond donors (Lipinski definition) is 0. The molecule has 0 N–H and O–H groups in total. The van der Waals surface area contributed by atoms with Crippen LogP contribution in [0.5, 0.6) is 0 Å². The molecule has 0 amide bonds. The lowest BCUT2D eigenvalue weighted by atomic mass is 9.96. The number of carbonyl (C=O) groups is 2. The summed E-state index contributed by atoms with van der Waals surface area (Å²) in [6.07, 6.45) is 4.22. The zero-order chi connectivity index (χ0) is 16.8. The van der Waals surface area contributed by atoms with Gasteiger partial charge in [-0.3, -0.25) is 0 Å². The molecule has 1 aliphatic rings. The predicted octanol–water partition coefficient (Wildman–Crippen LogP) is 2.87. The molecule has 0 bridgehead atoms. The minimum Gasteiger partial charge on any atom is -0.487 e. The summed E-state index contributed by atoms with van der Waals surface area (Å²) in [5, 5.41) is 0. The molecule has 1 atom stereocenters. The highest BCUT2D eigenvalue weighted by molar-refractivity contribution is 5.97. The maximum atomic E-state index is 12.0. The second-order valence-corrected chi connectivity index (χ2v) is 5.16. The molecule has 0 saturated carbocycles. The Labute approximate surface area is 135 Å². The van der Waals surface area contributed by atoms with Gasteiger partial charge >= 0.3 is 11.9 Å². The average Bonchev–Trinajstić information content (AvgIpc) is 2.61. The fraction of sp³-hybridized carbons (Fsp3) is 0.333. The van der Waals surface area contributed by atoms with Gasteiger partial charge in [-0.2, -0.15) is 0 Å². The van der Waals surface area contributed by atoms with E-state index in [9.17, 15) is 9.59 Å². The van der Waals surface area contributed by atoms with Crippen LogP contribution in [0, 0.1) is 0 Å². The van der Waals surface area contributed by atoms with Gasteiger partial charge in [-0.05, 0) is 23.6 Å².